The first-order valence-corrected chi connectivity index (χ1v) is 5.49. The van der Waals surface area contributed by atoms with Crippen LogP contribution in [-0.4, -0.2) is 24.8 Å². The van der Waals surface area contributed by atoms with Gasteiger partial charge in [0.05, 0.1) is 26.7 Å². The number of aryl methyl sites for hydroxylation is 2. The fourth-order valence-electron chi connectivity index (χ4n) is 1.70. The number of hydrogen-bond acceptors (Lipinski definition) is 4. The first kappa shape index (κ1) is 13.5. The number of ether oxygens (including phenoxy) is 2. The number of carbonyl (C=O) groups is 1. The van der Waals surface area contributed by atoms with Crippen LogP contribution in [0.5, 0.6) is 5.75 Å². The van der Waals surface area contributed by atoms with Gasteiger partial charge < -0.3 is 14.6 Å². The minimum atomic E-state index is -0.285. The van der Waals surface area contributed by atoms with Crippen LogP contribution in [0, 0.1) is 13.8 Å². The lowest BCUT2D eigenvalue weighted by molar-refractivity contribution is -0.141. The molecule has 1 aromatic rings. The Labute approximate surface area is 101 Å². The van der Waals surface area contributed by atoms with E-state index in [9.17, 15) is 4.79 Å². The van der Waals surface area contributed by atoms with Crippen LogP contribution in [0.1, 0.15) is 23.1 Å². The van der Waals surface area contributed by atoms with Crippen molar-refractivity contribution < 1.29 is 19.4 Å². The van der Waals surface area contributed by atoms with Crippen molar-refractivity contribution in [3.8, 4) is 5.75 Å². The molecule has 4 nitrogen and oxygen atoms in total. The monoisotopic (exact) mass is 238 g/mol. The molecular weight excluding hydrogens is 220 g/mol. The van der Waals surface area contributed by atoms with Gasteiger partial charge in [0.15, 0.2) is 0 Å². The molecule has 4 heteroatoms. The van der Waals surface area contributed by atoms with Crippen molar-refractivity contribution in [2.75, 3.05) is 13.7 Å². The molecule has 0 heterocycles. The van der Waals surface area contributed by atoms with E-state index in [0.29, 0.717) is 6.61 Å². The number of benzene rings is 1. The third kappa shape index (κ3) is 3.75. The molecule has 0 fully saturated rings. The van der Waals surface area contributed by atoms with Crippen molar-refractivity contribution in [2.24, 2.45) is 0 Å². The van der Waals surface area contributed by atoms with Gasteiger partial charge in [-0.15, -0.1) is 0 Å². The fraction of sp³-hybridized carbons (Fsp3) is 0.462. The molecule has 0 amide bonds. The van der Waals surface area contributed by atoms with E-state index in [2.05, 4.69) is 4.74 Å². The van der Waals surface area contributed by atoms with Gasteiger partial charge in [-0.2, -0.15) is 0 Å². The Bertz CT molecular complexity index is 375. The molecule has 0 spiro atoms. The molecule has 0 saturated heterocycles. The lowest BCUT2D eigenvalue weighted by Gasteiger charge is -2.13. The average Bonchev–Trinajstić information content (AvgIpc) is 2.31. The minimum Gasteiger partial charge on any atom is -0.492 e. The summed E-state index contributed by atoms with van der Waals surface area (Å²) in [4.78, 5) is 10.9. The average molecular weight is 238 g/mol. The van der Waals surface area contributed by atoms with Crippen molar-refractivity contribution in [3.05, 3.63) is 28.8 Å². The fourth-order valence-corrected chi connectivity index (χ4v) is 1.70. The molecule has 94 valence electrons. The van der Waals surface area contributed by atoms with Gasteiger partial charge in [-0.25, -0.2) is 0 Å². The highest BCUT2D eigenvalue weighted by Crippen LogP contribution is 2.24. The molecule has 0 aliphatic rings. The molecule has 0 atom stereocenters. The van der Waals surface area contributed by atoms with Crippen molar-refractivity contribution in [3.63, 3.8) is 0 Å². The molecule has 17 heavy (non-hydrogen) atoms. The van der Waals surface area contributed by atoms with Gasteiger partial charge >= 0.3 is 5.97 Å². The maximum Gasteiger partial charge on any atom is 0.308 e. The zero-order valence-corrected chi connectivity index (χ0v) is 10.4. The SMILES string of the molecule is COC(=O)CCOc1c(C)cc(CO)cc1C. The summed E-state index contributed by atoms with van der Waals surface area (Å²) in [5, 5.41) is 9.06. The molecule has 0 radical (unpaired) electrons. The highest BCUT2D eigenvalue weighted by Gasteiger charge is 2.07. The highest BCUT2D eigenvalue weighted by atomic mass is 16.5. The summed E-state index contributed by atoms with van der Waals surface area (Å²) in [5.41, 5.74) is 2.78. The molecule has 1 N–H and O–H groups in total. The van der Waals surface area contributed by atoms with Crippen LogP contribution in [0.25, 0.3) is 0 Å². The molecule has 1 rings (SSSR count). The summed E-state index contributed by atoms with van der Waals surface area (Å²) in [6.45, 7) is 4.15. The lowest BCUT2D eigenvalue weighted by Crippen LogP contribution is -2.09. The number of rotatable bonds is 5. The van der Waals surface area contributed by atoms with Gasteiger partial charge in [0, 0.05) is 0 Å². The Morgan fingerprint density at radius 2 is 1.88 bits per heavy atom. The van der Waals surface area contributed by atoms with Crippen LogP contribution in [-0.2, 0) is 16.1 Å². The molecule has 1 aromatic carbocycles. The van der Waals surface area contributed by atoms with E-state index < -0.39 is 0 Å². The number of aliphatic hydroxyl groups is 1. The van der Waals surface area contributed by atoms with Gasteiger partial charge in [0.2, 0.25) is 0 Å². The van der Waals surface area contributed by atoms with Crippen LogP contribution in [0.4, 0.5) is 0 Å². The molecule has 0 aromatic heterocycles. The Morgan fingerprint density at radius 1 is 1.29 bits per heavy atom. The third-order valence-corrected chi connectivity index (χ3v) is 2.48. The first-order chi connectivity index (χ1) is 8.08. The minimum absolute atomic E-state index is 0.0180. The van der Waals surface area contributed by atoms with E-state index in [1.54, 1.807) is 0 Å². The van der Waals surface area contributed by atoms with Crippen molar-refractivity contribution >= 4 is 5.97 Å². The summed E-state index contributed by atoms with van der Waals surface area (Å²) >= 11 is 0. The zero-order valence-electron chi connectivity index (χ0n) is 10.4. The summed E-state index contributed by atoms with van der Waals surface area (Å²) in [6.07, 6.45) is 0.233. The molecule has 0 unspecified atom stereocenters. The van der Waals surface area contributed by atoms with Gasteiger partial charge in [0.25, 0.3) is 0 Å². The topological polar surface area (TPSA) is 55.8 Å². The van der Waals surface area contributed by atoms with Gasteiger partial charge in [0.1, 0.15) is 5.75 Å². The van der Waals surface area contributed by atoms with E-state index in [4.69, 9.17) is 9.84 Å². The van der Waals surface area contributed by atoms with Gasteiger partial charge in [-0.3, -0.25) is 4.79 Å². The van der Waals surface area contributed by atoms with Crippen molar-refractivity contribution in [1.29, 1.82) is 0 Å². The van der Waals surface area contributed by atoms with E-state index in [1.165, 1.54) is 7.11 Å². The summed E-state index contributed by atoms with van der Waals surface area (Å²) in [5.74, 6) is 0.485. The summed E-state index contributed by atoms with van der Waals surface area (Å²) in [7, 11) is 1.36. The van der Waals surface area contributed by atoms with E-state index in [1.807, 2.05) is 26.0 Å². The second-order valence-electron chi connectivity index (χ2n) is 3.89. The zero-order chi connectivity index (χ0) is 12.8. The Balaban J connectivity index is 2.68. The third-order valence-electron chi connectivity index (χ3n) is 2.48. The molecular formula is C13H18O4. The Morgan fingerprint density at radius 3 is 2.35 bits per heavy atom. The molecule has 0 saturated carbocycles. The Kier molecular flexibility index (Phi) is 4.97. The van der Waals surface area contributed by atoms with E-state index in [0.717, 1.165) is 22.4 Å². The highest BCUT2D eigenvalue weighted by molar-refractivity contribution is 5.69. The van der Waals surface area contributed by atoms with E-state index >= 15 is 0 Å². The predicted octanol–water partition coefficient (Wildman–Crippen LogP) is 1.74. The van der Waals surface area contributed by atoms with Crippen LogP contribution in [0.15, 0.2) is 12.1 Å². The van der Waals surface area contributed by atoms with Crippen LogP contribution in [0.3, 0.4) is 0 Å². The van der Waals surface area contributed by atoms with Crippen LogP contribution < -0.4 is 4.74 Å². The second kappa shape index (κ2) is 6.25. The number of methoxy groups -OCH3 is 1. The summed E-state index contributed by atoms with van der Waals surface area (Å²) in [6, 6.07) is 3.75. The van der Waals surface area contributed by atoms with Gasteiger partial charge in [-0.1, -0.05) is 12.1 Å². The van der Waals surface area contributed by atoms with Crippen molar-refractivity contribution in [1.82, 2.24) is 0 Å². The first-order valence-electron chi connectivity index (χ1n) is 5.49. The lowest BCUT2D eigenvalue weighted by atomic mass is 10.1. The number of esters is 1. The van der Waals surface area contributed by atoms with Crippen LogP contribution in [0.2, 0.25) is 0 Å². The second-order valence-corrected chi connectivity index (χ2v) is 3.89. The normalized spacial score (nSPS) is 10.1. The number of hydrogen-bond donors (Lipinski definition) is 1. The summed E-state index contributed by atoms with van der Waals surface area (Å²) < 4.78 is 10.1. The predicted molar refractivity (Wildman–Crippen MR) is 64.0 cm³/mol. The Hall–Kier alpha value is -1.55. The molecule has 0 bridgehead atoms. The maximum atomic E-state index is 10.9. The number of carbonyl (C=O) groups excluding carboxylic acids is 1. The largest absolute Gasteiger partial charge is 0.492 e. The van der Waals surface area contributed by atoms with Gasteiger partial charge in [-0.05, 0) is 30.5 Å². The van der Waals surface area contributed by atoms with Crippen molar-refractivity contribution in [2.45, 2.75) is 26.9 Å². The standard InChI is InChI=1S/C13H18O4/c1-9-6-11(8-14)7-10(2)13(9)17-5-4-12(15)16-3/h6-7,14H,4-5,8H2,1-3H3. The smallest absolute Gasteiger partial charge is 0.308 e. The molecule has 0 aliphatic heterocycles. The van der Waals surface area contributed by atoms with E-state index in [-0.39, 0.29) is 19.0 Å². The number of aliphatic hydroxyl groups excluding tert-OH is 1. The quantitative estimate of drug-likeness (QED) is 0.794. The molecule has 0 aliphatic carbocycles. The van der Waals surface area contributed by atoms with Crippen LogP contribution >= 0.6 is 0 Å². The maximum absolute atomic E-state index is 10.9.